The summed E-state index contributed by atoms with van der Waals surface area (Å²) in [5.74, 6) is 0. The zero-order valence-electron chi connectivity index (χ0n) is 6.54. The number of nitrogens with two attached hydrogens (primary N) is 1. The average molecular weight is 138 g/mol. The van der Waals surface area contributed by atoms with Crippen LogP contribution in [0.4, 0.5) is 0 Å². The van der Waals surface area contributed by atoms with Gasteiger partial charge in [-0.25, -0.2) is 0 Å². The lowest BCUT2D eigenvalue weighted by Crippen LogP contribution is -2.16. The van der Waals surface area contributed by atoms with Gasteiger partial charge in [-0.1, -0.05) is 18.7 Å². The number of aliphatic imine (C=N–C) groups is 1. The van der Waals surface area contributed by atoms with Gasteiger partial charge in [0.15, 0.2) is 0 Å². The highest BCUT2D eigenvalue weighted by atomic mass is 14.8. The van der Waals surface area contributed by atoms with E-state index in [0.29, 0.717) is 0 Å². The minimum Gasteiger partial charge on any atom is -0.323 e. The van der Waals surface area contributed by atoms with Gasteiger partial charge in [0.05, 0.1) is 5.70 Å². The van der Waals surface area contributed by atoms with Gasteiger partial charge in [0.2, 0.25) is 0 Å². The summed E-state index contributed by atoms with van der Waals surface area (Å²) < 4.78 is 0. The molecule has 10 heavy (non-hydrogen) atoms. The van der Waals surface area contributed by atoms with Crippen LogP contribution in [0.25, 0.3) is 0 Å². The number of hydrogen-bond donors (Lipinski definition) is 1. The van der Waals surface area contributed by atoms with Crippen LogP contribution in [0.15, 0.2) is 29.4 Å². The second kappa shape index (κ2) is 4.94. The number of hydrogen-bond acceptors (Lipinski definition) is 2. The molecule has 0 spiro atoms. The topological polar surface area (TPSA) is 38.4 Å². The molecule has 0 heterocycles. The molecule has 0 unspecified atom stereocenters. The predicted octanol–water partition coefficient (Wildman–Crippen LogP) is 1.49. The van der Waals surface area contributed by atoms with Crippen molar-refractivity contribution in [1.29, 1.82) is 0 Å². The van der Waals surface area contributed by atoms with E-state index in [1.807, 2.05) is 19.9 Å². The summed E-state index contributed by atoms with van der Waals surface area (Å²) in [5.41, 5.74) is 6.46. The van der Waals surface area contributed by atoms with E-state index in [9.17, 15) is 0 Å². The highest BCUT2D eigenvalue weighted by Gasteiger charge is 1.96. The molecule has 0 aromatic carbocycles. The van der Waals surface area contributed by atoms with Crippen LogP contribution in [0.5, 0.6) is 0 Å². The maximum absolute atomic E-state index is 5.57. The Labute approximate surface area is 62.1 Å². The average Bonchev–Trinajstić information content (AvgIpc) is 1.89. The summed E-state index contributed by atoms with van der Waals surface area (Å²) in [5, 5.41) is 0. The van der Waals surface area contributed by atoms with Crippen LogP contribution in [0, 0.1) is 0 Å². The van der Waals surface area contributed by atoms with Crippen LogP contribution in [0.2, 0.25) is 0 Å². The Morgan fingerprint density at radius 1 is 1.70 bits per heavy atom. The highest BCUT2D eigenvalue weighted by Crippen LogP contribution is 1.99. The molecule has 0 aliphatic heterocycles. The lowest BCUT2D eigenvalue weighted by atomic mass is 10.2. The Morgan fingerprint density at radius 2 is 2.30 bits per heavy atom. The van der Waals surface area contributed by atoms with Gasteiger partial charge in [0.1, 0.15) is 0 Å². The first-order chi connectivity index (χ1) is 4.72. The first-order valence-corrected chi connectivity index (χ1v) is 3.29. The lowest BCUT2D eigenvalue weighted by molar-refractivity contribution is 0.846. The normalized spacial score (nSPS) is 15.7. The molecule has 1 atom stereocenters. The molecule has 2 heteroatoms. The number of allylic oxidation sites excluding steroid dienone is 2. The zero-order valence-corrected chi connectivity index (χ0v) is 6.54. The Bertz CT molecular complexity index is 155. The predicted molar refractivity (Wildman–Crippen MR) is 46.1 cm³/mol. The molecule has 0 bridgehead atoms. The van der Waals surface area contributed by atoms with Crippen molar-refractivity contribution in [2.24, 2.45) is 10.7 Å². The zero-order chi connectivity index (χ0) is 7.98. The van der Waals surface area contributed by atoms with Gasteiger partial charge in [-0.15, -0.1) is 0 Å². The van der Waals surface area contributed by atoms with Gasteiger partial charge in [0, 0.05) is 12.3 Å². The van der Waals surface area contributed by atoms with Gasteiger partial charge in [0.25, 0.3) is 0 Å². The van der Waals surface area contributed by atoms with Gasteiger partial charge < -0.3 is 5.73 Å². The smallest absolute Gasteiger partial charge is 0.0525 e. The molecule has 0 radical (unpaired) electrons. The van der Waals surface area contributed by atoms with Crippen molar-refractivity contribution in [3.05, 3.63) is 24.4 Å². The molecule has 2 N–H and O–H groups in total. The van der Waals surface area contributed by atoms with Crippen molar-refractivity contribution in [2.75, 3.05) is 0 Å². The lowest BCUT2D eigenvalue weighted by Gasteiger charge is -2.02. The first-order valence-electron chi connectivity index (χ1n) is 3.29. The van der Waals surface area contributed by atoms with Crippen LogP contribution in [0.3, 0.4) is 0 Å². The first kappa shape index (κ1) is 9.11. The molecule has 0 fully saturated rings. The molecule has 0 aliphatic rings. The van der Waals surface area contributed by atoms with E-state index in [0.717, 1.165) is 5.70 Å². The Balaban J connectivity index is 4.10. The van der Waals surface area contributed by atoms with Crippen molar-refractivity contribution in [3.8, 4) is 0 Å². The SMILES string of the molecule is C=C/C=N\C(=C/C)[C@@H](C)N. The van der Waals surface area contributed by atoms with E-state index in [2.05, 4.69) is 11.6 Å². The molecule has 2 nitrogen and oxygen atoms in total. The maximum atomic E-state index is 5.57. The Kier molecular flexibility index (Phi) is 4.50. The molecular weight excluding hydrogens is 124 g/mol. The van der Waals surface area contributed by atoms with Gasteiger partial charge >= 0.3 is 0 Å². The van der Waals surface area contributed by atoms with Crippen LogP contribution in [-0.2, 0) is 0 Å². The maximum Gasteiger partial charge on any atom is 0.0525 e. The molecular formula is C8H14N2. The molecule has 0 saturated carbocycles. The number of nitrogens with zero attached hydrogens (tertiary/aromatic N) is 1. The third-order valence-corrected chi connectivity index (χ3v) is 1.09. The van der Waals surface area contributed by atoms with Crippen molar-refractivity contribution < 1.29 is 0 Å². The summed E-state index contributed by atoms with van der Waals surface area (Å²) in [7, 11) is 0. The quantitative estimate of drug-likeness (QED) is 0.589. The second-order valence-corrected chi connectivity index (χ2v) is 2.02. The summed E-state index contributed by atoms with van der Waals surface area (Å²) in [6, 6.07) is 0.00111. The third kappa shape index (κ3) is 3.20. The van der Waals surface area contributed by atoms with E-state index in [1.54, 1.807) is 12.3 Å². The summed E-state index contributed by atoms with van der Waals surface area (Å²) >= 11 is 0. The summed E-state index contributed by atoms with van der Waals surface area (Å²) in [4.78, 5) is 4.05. The molecule has 0 aromatic rings. The monoisotopic (exact) mass is 138 g/mol. The van der Waals surface area contributed by atoms with E-state index in [4.69, 9.17) is 5.73 Å². The van der Waals surface area contributed by atoms with E-state index < -0.39 is 0 Å². The molecule has 0 aliphatic carbocycles. The minimum atomic E-state index is 0.00111. The summed E-state index contributed by atoms with van der Waals surface area (Å²) in [6.45, 7) is 7.32. The minimum absolute atomic E-state index is 0.00111. The van der Waals surface area contributed by atoms with Crippen LogP contribution in [-0.4, -0.2) is 12.3 Å². The fraction of sp³-hybridized carbons (Fsp3) is 0.375. The third-order valence-electron chi connectivity index (χ3n) is 1.09. The second-order valence-electron chi connectivity index (χ2n) is 2.02. The molecule has 0 amide bonds. The van der Waals surface area contributed by atoms with Crippen molar-refractivity contribution in [3.63, 3.8) is 0 Å². The highest BCUT2D eigenvalue weighted by molar-refractivity contribution is 5.71. The van der Waals surface area contributed by atoms with E-state index >= 15 is 0 Å². The van der Waals surface area contributed by atoms with Gasteiger partial charge in [-0.3, -0.25) is 4.99 Å². The Hall–Kier alpha value is -0.890. The van der Waals surface area contributed by atoms with E-state index in [-0.39, 0.29) is 6.04 Å². The van der Waals surface area contributed by atoms with Crippen molar-refractivity contribution in [1.82, 2.24) is 0 Å². The molecule has 56 valence electrons. The van der Waals surface area contributed by atoms with Gasteiger partial charge in [-0.05, 0) is 13.8 Å². The summed E-state index contributed by atoms with van der Waals surface area (Å²) in [6.07, 6.45) is 5.16. The Morgan fingerprint density at radius 3 is 2.60 bits per heavy atom. The largest absolute Gasteiger partial charge is 0.323 e. The van der Waals surface area contributed by atoms with Crippen LogP contribution < -0.4 is 5.73 Å². The fourth-order valence-electron chi connectivity index (χ4n) is 0.594. The van der Waals surface area contributed by atoms with Crippen molar-refractivity contribution in [2.45, 2.75) is 19.9 Å². The molecule has 0 rings (SSSR count). The molecule has 0 saturated heterocycles. The van der Waals surface area contributed by atoms with E-state index in [1.165, 1.54) is 0 Å². The fourth-order valence-corrected chi connectivity index (χ4v) is 0.594. The standard InChI is InChI=1S/C8H14N2/c1-4-6-10-8(5-2)7(3)9/h4-7H,1,9H2,2-3H3/b8-5-,10-6-/t7-/m1/s1. The van der Waals surface area contributed by atoms with Crippen molar-refractivity contribution >= 4 is 6.21 Å². The van der Waals surface area contributed by atoms with Gasteiger partial charge in [-0.2, -0.15) is 0 Å². The van der Waals surface area contributed by atoms with Crippen LogP contribution in [0.1, 0.15) is 13.8 Å². The molecule has 0 aromatic heterocycles. The van der Waals surface area contributed by atoms with Crippen LogP contribution >= 0.6 is 0 Å². The number of rotatable bonds is 3.